The fourth-order valence-electron chi connectivity index (χ4n) is 3.10. The van der Waals surface area contributed by atoms with Crippen molar-refractivity contribution in [1.29, 1.82) is 0 Å². The number of hydrogen-bond acceptors (Lipinski definition) is 4. The average molecular weight is 310 g/mol. The molecule has 0 saturated carbocycles. The molecule has 2 aliphatic rings. The van der Waals surface area contributed by atoms with Crippen LogP contribution in [0.2, 0.25) is 0 Å². The molecule has 5 nitrogen and oxygen atoms in total. The zero-order valence-electron chi connectivity index (χ0n) is 12.2. The molecule has 1 aromatic rings. The number of nitrogens with one attached hydrogen (secondary N) is 1. The molecule has 116 valence electrons. The second kappa shape index (κ2) is 5.59. The van der Waals surface area contributed by atoms with Gasteiger partial charge in [-0.25, -0.2) is 8.42 Å². The molecular formula is C15H22N2O3S. The second-order valence-electron chi connectivity index (χ2n) is 6.01. The van der Waals surface area contributed by atoms with Gasteiger partial charge in [0.05, 0.1) is 11.0 Å². The van der Waals surface area contributed by atoms with Gasteiger partial charge in [0.25, 0.3) is 0 Å². The van der Waals surface area contributed by atoms with Crippen LogP contribution in [0.3, 0.4) is 0 Å². The Hall–Kier alpha value is -1.11. The van der Waals surface area contributed by atoms with Crippen LogP contribution in [-0.2, 0) is 16.4 Å². The highest BCUT2D eigenvalue weighted by Crippen LogP contribution is 2.31. The van der Waals surface area contributed by atoms with Crippen molar-refractivity contribution in [3.8, 4) is 0 Å². The van der Waals surface area contributed by atoms with Crippen molar-refractivity contribution < 1.29 is 13.5 Å². The van der Waals surface area contributed by atoms with Gasteiger partial charge in [-0.3, -0.25) is 0 Å². The minimum atomic E-state index is -3.53. The lowest BCUT2D eigenvalue weighted by Gasteiger charge is -2.34. The fourth-order valence-corrected chi connectivity index (χ4v) is 4.84. The van der Waals surface area contributed by atoms with E-state index in [-0.39, 0.29) is 12.5 Å². The first-order chi connectivity index (χ1) is 10.00. The number of aliphatic hydroxyl groups excluding tert-OH is 1. The highest BCUT2D eigenvalue weighted by molar-refractivity contribution is 7.89. The largest absolute Gasteiger partial charge is 0.391 e. The van der Waals surface area contributed by atoms with Gasteiger partial charge >= 0.3 is 0 Å². The second-order valence-corrected chi connectivity index (χ2v) is 7.92. The minimum absolute atomic E-state index is 0.155. The van der Waals surface area contributed by atoms with Gasteiger partial charge in [-0.05, 0) is 42.9 Å². The Morgan fingerprint density at radius 2 is 2.19 bits per heavy atom. The van der Waals surface area contributed by atoms with Gasteiger partial charge in [-0.15, -0.1) is 0 Å². The summed E-state index contributed by atoms with van der Waals surface area (Å²) in [6.45, 7) is 3.53. The van der Waals surface area contributed by atoms with Crippen LogP contribution < -0.4 is 5.32 Å². The molecule has 2 atom stereocenters. The van der Waals surface area contributed by atoms with Crippen molar-refractivity contribution in [1.82, 2.24) is 4.31 Å². The van der Waals surface area contributed by atoms with Crippen LogP contribution in [0.5, 0.6) is 0 Å². The molecule has 3 rings (SSSR count). The number of piperidine rings is 1. The smallest absolute Gasteiger partial charge is 0.243 e. The number of β-amino-alcohol motifs (C(OH)–C–C–N with tert-alkyl or cyclic N) is 1. The molecule has 1 saturated heterocycles. The molecule has 0 bridgehead atoms. The summed E-state index contributed by atoms with van der Waals surface area (Å²) in [6.07, 6.45) is 1.85. The van der Waals surface area contributed by atoms with E-state index in [0.717, 1.165) is 30.6 Å². The first kappa shape index (κ1) is 14.8. The standard InChI is InChI=1S/C15H22N2O3S/c1-11-7-9-17(10-14(11)18)21(19,20)15-6-2-5-13-12(15)4-3-8-16-13/h2,5-6,11,14,16,18H,3-4,7-10H2,1H3. The predicted octanol–water partition coefficient (Wildman–Crippen LogP) is 1.44. The molecule has 0 aliphatic carbocycles. The molecule has 1 fully saturated rings. The molecule has 0 spiro atoms. The van der Waals surface area contributed by atoms with E-state index in [1.54, 1.807) is 12.1 Å². The predicted molar refractivity (Wildman–Crippen MR) is 81.8 cm³/mol. The summed E-state index contributed by atoms with van der Waals surface area (Å²) < 4.78 is 27.2. The fraction of sp³-hybridized carbons (Fsp3) is 0.600. The summed E-state index contributed by atoms with van der Waals surface area (Å²) in [5, 5.41) is 13.2. The van der Waals surface area contributed by atoms with Gasteiger partial charge < -0.3 is 10.4 Å². The monoisotopic (exact) mass is 310 g/mol. The maximum Gasteiger partial charge on any atom is 0.243 e. The van der Waals surface area contributed by atoms with Gasteiger partial charge in [0, 0.05) is 25.3 Å². The molecule has 2 aliphatic heterocycles. The first-order valence-corrected chi connectivity index (χ1v) is 8.98. The van der Waals surface area contributed by atoms with E-state index in [4.69, 9.17) is 0 Å². The number of aliphatic hydroxyl groups is 1. The van der Waals surface area contributed by atoms with Crippen LogP contribution in [0.1, 0.15) is 25.3 Å². The van der Waals surface area contributed by atoms with E-state index in [1.807, 2.05) is 13.0 Å². The third-order valence-corrected chi connectivity index (χ3v) is 6.50. The quantitative estimate of drug-likeness (QED) is 0.867. The van der Waals surface area contributed by atoms with Crippen LogP contribution in [0.15, 0.2) is 23.1 Å². The Balaban J connectivity index is 1.96. The third kappa shape index (κ3) is 2.67. The van der Waals surface area contributed by atoms with Gasteiger partial charge in [0.2, 0.25) is 10.0 Å². The number of benzene rings is 1. The molecule has 6 heteroatoms. The van der Waals surface area contributed by atoms with Crippen molar-refractivity contribution >= 4 is 15.7 Å². The van der Waals surface area contributed by atoms with E-state index in [2.05, 4.69) is 5.32 Å². The maximum absolute atomic E-state index is 12.9. The Morgan fingerprint density at radius 3 is 2.95 bits per heavy atom. The van der Waals surface area contributed by atoms with E-state index in [9.17, 15) is 13.5 Å². The highest BCUT2D eigenvalue weighted by Gasteiger charge is 2.34. The van der Waals surface area contributed by atoms with Crippen LogP contribution in [0, 0.1) is 5.92 Å². The summed E-state index contributed by atoms with van der Waals surface area (Å²) in [5.74, 6) is 0.155. The number of hydrogen-bond donors (Lipinski definition) is 2. The third-order valence-electron chi connectivity index (χ3n) is 4.55. The number of rotatable bonds is 2. The van der Waals surface area contributed by atoms with Crippen molar-refractivity contribution in [2.75, 3.05) is 25.0 Å². The zero-order valence-corrected chi connectivity index (χ0v) is 13.1. The van der Waals surface area contributed by atoms with Crippen molar-refractivity contribution in [2.45, 2.75) is 37.2 Å². The molecule has 0 radical (unpaired) electrons. The Kier molecular flexibility index (Phi) is 3.94. The van der Waals surface area contributed by atoms with Crippen LogP contribution >= 0.6 is 0 Å². The van der Waals surface area contributed by atoms with Crippen LogP contribution in [-0.4, -0.2) is 43.6 Å². The van der Waals surface area contributed by atoms with Gasteiger partial charge in [0.1, 0.15) is 0 Å². The van der Waals surface area contributed by atoms with E-state index in [0.29, 0.717) is 17.9 Å². The lowest BCUT2D eigenvalue weighted by Crippen LogP contribution is -2.46. The summed E-state index contributed by atoms with van der Waals surface area (Å²) in [4.78, 5) is 0.397. The molecule has 0 amide bonds. The van der Waals surface area contributed by atoms with E-state index >= 15 is 0 Å². The minimum Gasteiger partial charge on any atom is -0.391 e. The van der Waals surface area contributed by atoms with Crippen LogP contribution in [0.25, 0.3) is 0 Å². The average Bonchev–Trinajstić information content (AvgIpc) is 2.49. The number of nitrogens with zero attached hydrogens (tertiary/aromatic N) is 1. The SMILES string of the molecule is CC1CCN(S(=O)(=O)c2cccc3c2CCCN3)CC1O. The van der Waals surface area contributed by atoms with E-state index < -0.39 is 16.1 Å². The number of fused-ring (bicyclic) bond motifs is 1. The topological polar surface area (TPSA) is 69.6 Å². The molecule has 2 unspecified atom stereocenters. The summed E-state index contributed by atoms with van der Waals surface area (Å²) in [7, 11) is -3.53. The first-order valence-electron chi connectivity index (χ1n) is 7.54. The lowest BCUT2D eigenvalue weighted by atomic mass is 9.98. The molecule has 1 aromatic carbocycles. The maximum atomic E-state index is 12.9. The molecule has 2 heterocycles. The van der Waals surface area contributed by atoms with Gasteiger partial charge in [-0.1, -0.05) is 13.0 Å². The highest BCUT2D eigenvalue weighted by atomic mass is 32.2. The number of sulfonamides is 1. The Morgan fingerprint density at radius 1 is 1.38 bits per heavy atom. The normalized spacial score (nSPS) is 27.0. The molecular weight excluding hydrogens is 288 g/mol. The summed E-state index contributed by atoms with van der Waals surface area (Å²) in [6, 6.07) is 5.40. The van der Waals surface area contributed by atoms with E-state index in [1.165, 1.54) is 4.31 Å². The molecule has 21 heavy (non-hydrogen) atoms. The molecule has 2 N–H and O–H groups in total. The lowest BCUT2D eigenvalue weighted by molar-refractivity contribution is 0.0605. The van der Waals surface area contributed by atoms with Crippen molar-refractivity contribution in [3.63, 3.8) is 0 Å². The summed E-state index contributed by atoms with van der Waals surface area (Å²) >= 11 is 0. The van der Waals surface area contributed by atoms with Gasteiger partial charge in [-0.2, -0.15) is 4.31 Å². The number of anilines is 1. The summed E-state index contributed by atoms with van der Waals surface area (Å²) in [5.41, 5.74) is 1.81. The van der Waals surface area contributed by atoms with Crippen LogP contribution in [0.4, 0.5) is 5.69 Å². The van der Waals surface area contributed by atoms with Gasteiger partial charge in [0.15, 0.2) is 0 Å². The molecule has 0 aromatic heterocycles. The zero-order chi connectivity index (χ0) is 15.0. The van der Waals surface area contributed by atoms with Crippen molar-refractivity contribution in [2.24, 2.45) is 5.92 Å². The Bertz CT molecular complexity index is 630. The Labute approximate surface area is 126 Å². The van der Waals surface area contributed by atoms with Crippen molar-refractivity contribution in [3.05, 3.63) is 23.8 Å².